The zero-order valence-electron chi connectivity index (χ0n) is 11.4. The molecule has 16 heavy (non-hydrogen) atoms. The molecule has 1 heterocycles. The average Bonchev–Trinajstić information content (AvgIpc) is 2.81. The van der Waals surface area contributed by atoms with Crippen LogP contribution in [-0.2, 0) is 0 Å². The van der Waals surface area contributed by atoms with E-state index >= 15 is 0 Å². The van der Waals surface area contributed by atoms with Crippen molar-refractivity contribution in [3.05, 3.63) is 22.8 Å². The van der Waals surface area contributed by atoms with Crippen molar-refractivity contribution in [3.63, 3.8) is 0 Å². The molecule has 1 atom stereocenters. The van der Waals surface area contributed by atoms with Crippen LogP contribution in [0.4, 0.5) is 0 Å². The van der Waals surface area contributed by atoms with Crippen LogP contribution in [0, 0.1) is 5.41 Å². The Morgan fingerprint density at radius 1 is 1.19 bits per heavy atom. The van der Waals surface area contributed by atoms with Crippen LogP contribution in [0.3, 0.4) is 0 Å². The number of rotatable bonds is 2. The van der Waals surface area contributed by atoms with Gasteiger partial charge in [-0.3, -0.25) is 4.90 Å². The third-order valence-corrected chi connectivity index (χ3v) is 4.62. The molecule has 2 aliphatic rings. The van der Waals surface area contributed by atoms with Gasteiger partial charge in [0.2, 0.25) is 0 Å². The molecule has 0 amide bonds. The molecule has 0 spiro atoms. The van der Waals surface area contributed by atoms with E-state index in [4.69, 9.17) is 0 Å². The van der Waals surface area contributed by atoms with Crippen molar-refractivity contribution in [1.82, 2.24) is 4.90 Å². The van der Waals surface area contributed by atoms with Gasteiger partial charge in [-0.25, -0.2) is 0 Å². The molecular formula is C15H25N. The summed E-state index contributed by atoms with van der Waals surface area (Å²) in [6, 6.07) is 0.610. The molecule has 1 aliphatic heterocycles. The quantitative estimate of drug-likeness (QED) is 0.683. The van der Waals surface area contributed by atoms with E-state index in [1.54, 1.807) is 11.1 Å². The van der Waals surface area contributed by atoms with Crippen molar-refractivity contribution >= 4 is 0 Å². The Morgan fingerprint density at radius 3 is 2.19 bits per heavy atom. The lowest BCUT2D eigenvalue weighted by molar-refractivity contribution is 0.291. The van der Waals surface area contributed by atoms with Crippen LogP contribution in [0.15, 0.2) is 22.8 Å². The lowest BCUT2D eigenvalue weighted by Gasteiger charge is -2.26. The number of allylic oxidation sites excluding steroid dienone is 2. The Morgan fingerprint density at radius 2 is 1.75 bits per heavy atom. The second-order valence-electron chi connectivity index (χ2n) is 5.99. The third kappa shape index (κ3) is 1.86. The van der Waals surface area contributed by atoms with Crippen molar-refractivity contribution in [2.24, 2.45) is 5.41 Å². The van der Waals surface area contributed by atoms with Crippen LogP contribution in [0.1, 0.15) is 47.5 Å². The largest absolute Gasteiger partial charge is 0.297 e. The second-order valence-corrected chi connectivity index (χ2v) is 5.99. The molecule has 1 nitrogen and oxygen atoms in total. The summed E-state index contributed by atoms with van der Waals surface area (Å²) in [5.41, 5.74) is 4.93. The van der Waals surface area contributed by atoms with Gasteiger partial charge in [0.05, 0.1) is 0 Å². The molecular weight excluding hydrogens is 194 g/mol. The summed E-state index contributed by atoms with van der Waals surface area (Å²) < 4.78 is 0. The first kappa shape index (κ1) is 11.9. The van der Waals surface area contributed by atoms with Gasteiger partial charge in [0, 0.05) is 11.5 Å². The summed E-state index contributed by atoms with van der Waals surface area (Å²) >= 11 is 0. The molecule has 90 valence electrons. The predicted molar refractivity (Wildman–Crippen MR) is 70.5 cm³/mol. The first-order chi connectivity index (χ1) is 7.43. The highest BCUT2D eigenvalue weighted by Gasteiger charge is 2.32. The van der Waals surface area contributed by atoms with Crippen molar-refractivity contribution in [2.45, 2.75) is 53.5 Å². The zero-order chi connectivity index (χ0) is 11.9. The zero-order valence-corrected chi connectivity index (χ0v) is 11.4. The first-order valence-electron chi connectivity index (χ1n) is 6.58. The Balaban J connectivity index is 2.22. The standard InChI is InChI=1S/C15H25N/c1-11-12(2)15(4,5)10-14(11)13(3)16-8-6-7-9-16/h10,13H,6-9H2,1-5H3. The van der Waals surface area contributed by atoms with E-state index in [9.17, 15) is 0 Å². The van der Waals surface area contributed by atoms with E-state index < -0.39 is 0 Å². The van der Waals surface area contributed by atoms with E-state index in [0.717, 1.165) is 0 Å². The van der Waals surface area contributed by atoms with Gasteiger partial charge in [0.15, 0.2) is 0 Å². The highest BCUT2D eigenvalue weighted by atomic mass is 15.2. The van der Waals surface area contributed by atoms with Gasteiger partial charge in [0.1, 0.15) is 0 Å². The highest BCUT2D eigenvalue weighted by molar-refractivity contribution is 5.47. The van der Waals surface area contributed by atoms with Gasteiger partial charge in [-0.1, -0.05) is 25.5 Å². The van der Waals surface area contributed by atoms with Crippen LogP contribution >= 0.6 is 0 Å². The molecule has 1 saturated heterocycles. The molecule has 0 radical (unpaired) electrons. The van der Waals surface area contributed by atoms with E-state index in [1.807, 2.05) is 0 Å². The van der Waals surface area contributed by atoms with Gasteiger partial charge in [0.25, 0.3) is 0 Å². The van der Waals surface area contributed by atoms with Crippen molar-refractivity contribution < 1.29 is 0 Å². The van der Waals surface area contributed by atoms with Crippen LogP contribution in [-0.4, -0.2) is 24.0 Å². The monoisotopic (exact) mass is 219 g/mol. The fourth-order valence-corrected chi connectivity index (χ4v) is 3.06. The van der Waals surface area contributed by atoms with Gasteiger partial charge in [-0.05, 0) is 57.8 Å². The molecule has 2 rings (SSSR count). The highest BCUT2D eigenvalue weighted by Crippen LogP contribution is 2.42. The Labute approximate surface area is 100 Å². The van der Waals surface area contributed by atoms with Crippen molar-refractivity contribution in [1.29, 1.82) is 0 Å². The summed E-state index contributed by atoms with van der Waals surface area (Å²) in [5, 5.41) is 0. The summed E-state index contributed by atoms with van der Waals surface area (Å²) in [6.07, 6.45) is 5.24. The minimum absolute atomic E-state index is 0.271. The molecule has 0 aromatic carbocycles. The maximum atomic E-state index is 2.63. The van der Waals surface area contributed by atoms with E-state index in [0.29, 0.717) is 6.04 Å². The topological polar surface area (TPSA) is 3.24 Å². The van der Waals surface area contributed by atoms with Gasteiger partial charge in [-0.15, -0.1) is 0 Å². The second kappa shape index (κ2) is 4.03. The first-order valence-corrected chi connectivity index (χ1v) is 6.58. The molecule has 0 saturated carbocycles. The summed E-state index contributed by atoms with van der Waals surface area (Å²) in [5.74, 6) is 0. The van der Waals surface area contributed by atoms with Crippen LogP contribution in [0.2, 0.25) is 0 Å². The molecule has 0 aromatic heterocycles. The molecule has 1 unspecified atom stereocenters. The molecule has 1 fully saturated rings. The van der Waals surface area contributed by atoms with E-state index in [2.05, 4.69) is 45.6 Å². The molecule has 0 aromatic rings. The smallest absolute Gasteiger partial charge is 0.0319 e. The van der Waals surface area contributed by atoms with Crippen LogP contribution in [0.25, 0.3) is 0 Å². The molecule has 1 heteroatoms. The fourth-order valence-electron chi connectivity index (χ4n) is 3.06. The molecule has 0 bridgehead atoms. The average molecular weight is 219 g/mol. The lowest BCUT2D eigenvalue weighted by atomic mass is 9.88. The van der Waals surface area contributed by atoms with E-state index in [-0.39, 0.29) is 5.41 Å². The number of nitrogens with zero attached hydrogens (tertiary/aromatic N) is 1. The SMILES string of the molecule is CC1=C(C)C(C)(C)C=C1C(C)N1CCCC1. The Hall–Kier alpha value is -0.560. The summed E-state index contributed by atoms with van der Waals surface area (Å²) in [6.45, 7) is 14.2. The normalized spacial score (nSPS) is 27.4. The van der Waals surface area contributed by atoms with Gasteiger partial charge in [-0.2, -0.15) is 0 Å². The Bertz CT molecular complexity index is 340. The minimum Gasteiger partial charge on any atom is -0.297 e. The van der Waals surface area contributed by atoms with E-state index in [1.165, 1.54) is 31.5 Å². The maximum absolute atomic E-state index is 2.63. The van der Waals surface area contributed by atoms with Crippen LogP contribution in [0.5, 0.6) is 0 Å². The number of hydrogen-bond acceptors (Lipinski definition) is 1. The predicted octanol–water partition coefficient (Wildman–Crippen LogP) is 3.77. The van der Waals surface area contributed by atoms with Gasteiger partial charge >= 0.3 is 0 Å². The third-order valence-electron chi connectivity index (χ3n) is 4.62. The lowest BCUT2D eigenvalue weighted by Crippen LogP contribution is -2.31. The number of hydrogen-bond donors (Lipinski definition) is 0. The Kier molecular flexibility index (Phi) is 3.00. The minimum atomic E-state index is 0.271. The summed E-state index contributed by atoms with van der Waals surface area (Å²) in [4.78, 5) is 2.63. The van der Waals surface area contributed by atoms with Gasteiger partial charge < -0.3 is 0 Å². The summed E-state index contributed by atoms with van der Waals surface area (Å²) in [7, 11) is 0. The molecule has 1 aliphatic carbocycles. The maximum Gasteiger partial charge on any atom is 0.0319 e. The van der Waals surface area contributed by atoms with Crippen molar-refractivity contribution in [2.75, 3.05) is 13.1 Å². The number of likely N-dealkylation sites (tertiary alicyclic amines) is 1. The fraction of sp³-hybridized carbons (Fsp3) is 0.733. The molecule has 0 N–H and O–H groups in total. The van der Waals surface area contributed by atoms with Crippen molar-refractivity contribution in [3.8, 4) is 0 Å². The van der Waals surface area contributed by atoms with Crippen LogP contribution < -0.4 is 0 Å².